The summed E-state index contributed by atoms with van der Waals surface area (Å²) in [6.07, 6.45) is 2.90. The lowest BCUT2D eigenvalue weighted by atomic mass is 10.0. The average Bonchev–Trinajstić information content (AvgIpc) is 2.97. The van der Waals surface area contributed by atoms with Gasteiger partial charge in [-0.05, 0) is 48.7 Å². The summed E-state index contributed by atoms with van der Waals surface area (Å²) in [4.78, 5) is 41.2. The van der Waals surface area contributed by atoms with Crippen molar-refractivity contribution in [1.29, 1.82) is 0 Å². The number of rotatable bonds is 15. The number of benzene rings is 3. The Balaban J connectivity index is 2.07. The van der Waals surface area contributed by atoms with Gasteiger partial charge in [0.05, 0.1) is 19.1 Å². The number of sulfonamides is 1. The van der Waals surface area contributed by atoms with E-state index in [0.29, 0.717) is 23.4 Å². The molecule has 0 heterocycles. The molecule has 3 rings (SSSR count). The molecule has 0 aliphatic rings. The second-order valence-electron chi connectivity index (χ2n) is 10.1. The molecule has 1 N–H and O–H groups in total. The van der Waals surface area contributed by atoms with Crippen LogP contribution in [0.15, 0.2) is 78.9 Å². The third-order valence-electron chi connectivity index (χ3n) is 6.81. The fourth-order valence-corrected chi connectivity index (χ4v) is 5.36. The molecule has 1 atom stereocenters. The van der Waals surface area contributed by atoms with Crippen LogP contribution in [-0.4, -0.2) is 63.4 Å². The van der Waals surface area contributed by atoms with Crippen molar-refractivity contribution in [3.8, 4) is 5.75 Å². The van der Waals surface area contributed by atoms with Crippen molar-refractivity contribution in [2.24, 2.45) is 0 Å². The third kappa shape index (κ3) is 9.17. The zero-order valence-corrected chi connectivity index (χ0v) is 25.4. The molecule has 10 heteroatoms. The van der Waals surface area contributed by atoms with E-state index in [1.165, 1.54) is 24.0 Å². The van der Waals surface area contributed by atoms with Gasteiger partial charge in [-0.25, -0.2) is 8.42 Å². The van der Waals surface area contributed by atoms with Crippen LogP contribution in [0.2, 0.25) is 0 Å². The quantitative estimate of drug-likeness (QED) is 0.209. The van der Waals surface area contributed by atoms with Crippen LogP contribution in [0.1, 0.15) is 48.2 Å². The Morgan fingerprint density at radius 2 is 1.62 bits per heavy atom. The molecule has 42 heavy (non-hydrogen) atoms. The van der Waals surface area contributed by atoms with Crippen molar-refractivity contribution >= 4 is 33.3 Å². The first-order chi connectivity index (χ1) is 20.0. The van der Waals surface area contributed by atoms with E-state index in [0.717, 1.165) is 29.0 Å². The van der Waals surface area contributed by atoms with Crippen LogP contribution < -0.4 is 14.4 Å². The van der Waals surface area contributed by atoms with Crippen molar-refractivity contribution in [1.82, 2.24) is 10.2 Å². The molecule has 0 saturated heterocycles. The van der Waals surface area contributed by atoms with Gasteiger partial charge in [0.15, 0.2) is 5.78 Å². The summed E-state index contributed by atoms with van der Waals surface area (Å²) in [5.74, 6) is -0.537. The molecule has 0 aromatic heterocycles. The van der Waals surface area contributed by atoms with E-state index in [9.17, 15) is 22.8 Å². The number of hydrogen-bond donors (Lipinski definition) is 1. The number of unbranched alkanes of at least 4 members (excludes halogenated alkanes) is 1. The molecule has 0 saturated carbocycles. The minimum Gasteiger partial charge on any atom is -0.497 e. The van der Waals surface area contributed by atoms with Crippen molar-refractivity contribution in [2.75, 3.05) is 30.8 Å². The predicted octanol–water partition coefficient (Wildman–Crippen LogP) is 4.22. The van der Waals surface area contributed by atoms with Crippen molar-refractivity contribution in [3.05, 3.63) is 95.6 Å². The normalized spacial score (nSPS) is 11.8. The number of amides is 2. The van der Waals surface area contributed by atoms with Gasteiger partial charge in [0.25, 0.3) is 0 Å². The minimum absolute atomic E-state index is 0.0415. The number of carbonyl (C=O) groups is 3. The van der Waals surface area contributed by atoms with Crippen molar-refractivity contribution in [3.63, 3.8) is 0 Å². The first-order valence-corrected chi connectivity index (χ1v) is 15.7. The summed E-state index contributed by atoms with van der Waals surface area (Å²) in [6.45, 7) is 3.34. The van der Waals surface area contributed by atoms with Crippen LogP contribution in [0.25, 0.3) is 0 Å². The lowest BCUT2D eigenvalue weighted by molar-refractivity contribution is -0.140. The Morgan fingerprint density at radius 3 is 2.26 bits per heavy atom. The lowest BCUT2D eigenvalue weighted by Crippen LogP contribution is -2.53. The molecular weight excluding hydrogens is 554 g/mol. The van der Waals surface area contributed by atoms with Gasteiger partial charge in [0.1, 0.15) is 18.3 Å². The van der Waals surface area contributed by atoms with Crippen LogP contribution in [0.3, 0.4) is 0 Å². The highest BCUT2D eigenvalue weighted by molar-refractivity contribution is 7.92. The van der Waals surface area contributed by atoms with Gasteiger partial charge in [-0.3, -0.25) is 18.7 Å². The fraction of sp³-hybridized carbons (Fsp3) is 0.344. The third-order valence-corrected chi connectivity index (χ3v) is 7.95. The topological polar surface area (TPSA) is 113 Å². The molecule has 9 nitrogen and oxygen atoms in total. The average molecular weight is 594 g/mol. The summed E-state index contributed by atoms with van der Waals surface area (Å²) < 4.78 is 32.2. The van der Waals surface area contributed by atoms with Gasteiger partial charge >= 0.3 is 0 Å². The molecule has 0 radical (unpaired) electrons. The number of methoxy groups -OCH3 is 1. The highest BCUT2D eigenvalue weighted by Gasteiger charge is 2.33. The Labute approximate surface area is 248 Å². The molecule has 0 bridgehead atoms. The van der Waals surface area contributed by atoms with E-state index in [2.05, 4.69) is 5.32 Å². The largest absolute Gasteiger partial charge is 0.497 e. The van der Waals surface area contributed by atoms with E-state index in [4.69, 9.17) is 4.74 Å². The van der Waals surface area contributed by atoms with Crippen LogP contribution >= 0.6 is 0 Å². The number of carbonyl (C=O) groups excluding carboxylic acids is 3. The van der Waals surface area contributed by atoms with Crippen LogP contribution in [0.4, 0.5) is 5.69 Å². The van der Waals surface area contributed by atoms with Gasteiger partial charge in [-0.2, -0.15) is 0 Å². The number of Topliss-reactive ketones (excluding diaryl/α,β-unsaturated/α-hetero) is 1. The molecular formula is C32H39N3O6S. The van der Waals surface area contributed by atoms with Gasteiger partial charge in [0, 0.05) is 25.1 Å². The SMILES string of the molecule is CCCCNC(=O)C(Cc1ccccc1)N(Cc1cccc(OC)c1)C(=O)CN(c1cccc(C(C)=O)c1)S(C)(=O)=O. The number of ketones is 1. The molecule has 0 aliphatic heterocycles. The number of nitrogens with one attached hydrogen (secondary N) is 1. The zero-order chi connectivity index (χ0) is 30.7. The number of ether oxygens (including phenoxy) is 1. The van der Waals surface area contributed by atoms with Gasteiger partial charge < -0.3 is 15.0 Å². The Morgan fingerprint density at radius 1 is 0.929 bits per heavy atom. The van der Waals surface area contributed by atoms with Crippen LogP contribution in [0.5, 0.6) is 5.75 Å². The molecule has 1 unspecified atom stereocenters. The first-order valence-electron chi connectivity index (χ1n) is 13.9. The molecule has 3 aromatic rings. The van der Waals surface area contributed by atoms with Crippen LogP contribution in [-0.2, 0) is 32.6 Å². The smallest absolute Gasteiger partial charge is 0.244 e. The molecule has 3 aromatic carbocycles. The molecule has 0 aliphatic carbocycles. The zero-order valence-electron chi connectivity index (χ0n) is 24.6. The Hall–Kier alpha value is -4.18. The van der Waals surface area contributed by atoms with E-state index in [1.807, 2.05) is 43.3 Å². The lowest BCUT2D eigenvalue weighted by Gasteiger charge is -2.33. The maximum atomic E-state index is 14.2. The molecule has 224 valence electrons. The van der Waals surface area contributed by atoms with E-state index < -0.39 is 28.5 Å². The maximum Gasteiger partial charge on any atom is 0.244 e. The summed E-state index contributed by atoms with van der Waals surface area (Å²) in [5, 5.41) is 2.96. The molecule has 0 spiro atoms. The Bertz CT molecular complexity index is 1480. The summed E-state index contributed by atoms with van der Waals surface area (Å²) >= 11 is 0. The van der Waals surface area contributed by atoms with Crippen LogP contribution in [0, 0.1) is 0 Å². The highest BCUT2D eigenvalue weighted by Crippen LogP contribution is 2.23. The van der Waals surface area contributed by atoms with Gasteiger partial charge in [0.2, 0.25) is 21.8 Å². The summed E-state index contributed by atoms with van der Waals surface area (Å²) in [7, 11) is -2.40. The first kappa shape index (κ1) is 32.3. The highest BCUT2D eigenvalue weighted by atomic mass is 32.2. The fourth-order valence-electron chi connectivity index (χ4n) is 4.52. The summed E-state index contributed by atoms with van der Waals surface area (Å²) in [5.41, 5.74) is 2.07. The number of anilines is 1. The maximum absolute atomic E-state index is 14.2. The molecule has 0 fully saturated rings. The van der Waals surface area contributed by atoms with Crippen molar-refractivity contribution in [2.45, 2.75) is 45.7 Å². The summed E-state index contributed by atoms with van der Waals surface area (Å²) in [6, 6.07) is 21.8. The molecule has 2 amide bonds. The van der Waals surface area contributed by atoms with E-state index in [-0.39, 0.29) is 30.3 Å². The number of hydrogen-bond acceptors (Lipinski definition) is 6. The van der Waals surface area contributed by atoms with Crippen molar-refractivity contribution < 1.29 is 27.5 Å². The minimum atomic E-state index is -3.94. The van der Waals surface area contributed by atoms with E-state index in [1.54, 1.807) is 37.4 Å². The number of nitrogens with zero attached hydrogens (tertiary/aromatic N) is 2. The van der Waals surface area contributed by atoms with Gasteiger partial charge in [-0.15, -0.1) is 0 Å². The van der Waals surface area contributed by atoms with E-state index >= 15 is 0 Å². The Kier molecular flexibility index (Phi) is 11.7. The standard InChI is InChI=1S/C32H39N3O6S/c1-5-6-18-33-32(38)30(20-25-12-8-7-9-13-25)34(22-26-14-10-17-29(19-26)41-3)31(37)23-35(42(4,39)40)28-16-11-15-27(21-28)24(2)36/h7-17,19,21,30H,5-6,18,20,22-23H2,1-4H3,(H,33,38). The monoisotopic (exact) mass is 593 g/mol. The second kappa shape index (κ2) is 15.2. The second-order valence-corrected chi connectivity index (χ2v) is 12.0. The predicted molar refractivity (Wildman–Crippen MR) is 164 cm³/mol. The van der Waals surface area contributed by atoms with Gasteiger partial charge in [-0.1, -0.05) is 67.9 Å².